The van der Waals surface area contributed by atoms with E-state index in [1.165, 1.54) is 29.2 Å². The highest BCUT2D eigenvalue weighted by atomic mass is 16.7. The lowest BCUT2D eigenvalue weighted by atomic mass is 10.0. The van der Waals surface area contributed by atoms with Gasteiger partial charge in [0.15, 0.2) is 6.29 Å². The molecular weight excluding hydrogens is 390 g/mol. The lowest BCUT2D eigenvalue weighted by Crippen LogP contribution is -2.38. The van der Waals surface area contributed by atoms with Crippen LogP contribution in [0.25, 0.3) is 0 Å². The van der Waals surface area contributed by atoms with E-state index in [1.54, 1.807) is 0 Å². The number of nitro groups is 2. The number of nitrogens with zero attached hydrogens (tertiary/aromatic N) is 6. The largest absolute Gasteiger partial charge is 0.490 e. The van der Waals surface area contributed by atoms with Gasteiger partial charge >= 0.3 is 5.95 Å². The fraction of sp³-hybridized carbons (Fsp3) is 0.333. The molecule has 2 fully saturated rings. The monoisotopic (exact) mass is 403 g/mol. The van der Waals surface area contributed by atoms with Crippen LogP contribution in [0.15, 0.2) is 35.7 Å². The van der Waals surface area contributed by atoms with Crippen LogP contribution >= 0.6 is 0 Å². The van der Waals surface area contributed by atoms with E-state index in [9.17, 15) is 25.0 Å². The lowest BCUT2D eigenvalue weighted by molar-refractivity contribution is -0.394. The van der Waals surface area contributed by atoms with Crippen LogP contribution in [-0.2, 0) is 9.47 Å². The van der Waals surface area contributed by atoms with Crippen molar-refractivity contribution in [2.24, 2.45) is 5.10 Å². The van der Waals surface area contributed by atoms with Crippen molar-refractivity contribution in [2.45, 2.75) is 24.9 Å². The first-order chi connectivity index (χ1) is 13.9. The number of carbonyl (C=O) groups excluding carboxylic acids is 1. The Hall–Kier alpha value is -3.78. The summed E-state index contributed by atoms with van der Waals surface area (Å²) in [5.41, 5.74) is 2.52. The van der Waals surface area contributed by atoms with Crippen molar-refractivity contribution in [3.8, 4) is 0 Å². The van der Waals surface area contributed by atoms with Gasteiger partial charge in [0.2, 0.25) is 6.33 Å². The van der Waals surface area contributed by atoms with Gasteiger partial charge in [0.05, 0.1) is 17.2 Å². The lowest BCUT2D eigenvalue weighted by Gasteiger charge is -2.26. The standard InChI is InChI=1S/C15H13N7O7/c23-13(8-2-1-3-9(4-8)21(24)25)18-17-10-5-11(12-6-28-14(10)29-12)20-7-16-15(19-20)22(26)27/h1-4,7,11-12,14H,5-6H2,(H,18,23)/b17-10+/t11-,12+,14-/m0/s1. The molecule has 0 saturated carbocycles. The van der Waals surface area contributed by atoms with Crippen LogP contribution in [0.2, 0.25) is 0 Å². The number of amides is 1. The minimum atomic E-state index is -0.764. The number of fused-ring (bicyclic) bond motifs is 2. The number of nitro benzene ring substituents is 1. The fourth-order valence-electron chi connectivity index (χ4n) is 3.06. The number of carbonyl (C=O) groups is 1. The first-order valence-electron chi connectivity index (χ1n) is 8.36. The number of rotatable bonds is 5. The molecule has 14 heteroatoms. The van der Waals surface area contributed by atoms with Crippen LogP contribution < -0.4 is 5.43 Å². The number of nitrogens with one attached hydrogen (secondary N) is 1. The molecule has 2 saturated heterocycles. The zero-order valence-electron chi connectivity index (χ0n) is 14.6. The molecule has 2 aliphatic heterocycles. The highest BCUT2D eigenvalue weighted by molar-refractivity contribution is 5.96. The Kier molecular flexibility index (Phi) is 4.69. The minimum Gasteiger partial charge on any atom is -0.390 e. The molecule has 0 radical (unpaired) electrons. The summed E-state index contributed by atoms with van der Waals surface area (Å²) in [6.45, 7) is 0.223. The summed E-state index contributed by atoms with van der Waals surface area (Å²) in [5, 5.41) is 29.5. The van der Waals surface area contributed by atoms with Crippen LogP contribution in [0.1, 0.15) is 22.8 Å². The molecule has 2 aromatic rings. The van der Waals surface area contributed by atoms with Crippen LogP contribution in [-0.4, -0.2) is 55.2 Å². The van der Waals surface area contributed by atoms with Crippen molar-refractivity contribution >= 4 is 23.3 Å². The van der Waals surface area contributed by atoms with Crippen molar-refractivity contribution in [1.82, 2.24) is 20.2 Å². The summed E-state index contributed by atoms with van der Waals surface area (Å²) in [4.78, 5) is 36.2. The molecule has 1 aromatic heterocycles. The molecule has 0 spiro atoms. The molecule has 1 amide bonds. The quantitative estimate of drug-likeness (QED) is 0.552. The zero-order chi connectivity index (χ0) is 20.5. The average molecular weight is 403 g/mol. The summed E-state index contributed by atoms with van der Waals surface area (Å²) >= 11 is 0. The van der Waals surface area contributed by atoms with Crippen LogP contribution in [0.4, 0.5) is 11.6 Å². The average Bonchev–Trinajstić information content (AvgIpc) is 3.36. The second kappa shape index (κ2) is 7.33. The van der Waals surface area contributed by atoms with E-state index >= 15 is 0 Å². The predicted molar refractivity (Wildman–Crippen MR) is 92.9 cm³/mol. The van der Waals surface area contributed by atoms with Crippen LogP contribution in [0.5, 0.6) is 0 Å². The van der Waals surface area contributed by atoms with E-state index in [1.807, 2.05) is 0 Å². The second-order valence-corrected chi connectivity index (χ2v) is 6.24. The maximum Gasteiger partial charge on any atom is 0.490 e. The Morgan fingerprint density at radius 2 is 2.14 bits per heavy atom. The van der Waals surface area contributed by atoms with Gasteiger partial charge in [-0.2, -0.15) is 9.78 Å². The van der Waals surface area contributed by atoms with Gasteiger partial charge in [0, 0.05) is 29.2 Å². The van der Waals surface area contributed by atoms with Crippen LogP contribution in [0, 0.1) is 20.2 Å². The molecule has 4 rings (SSSR count). The van der Waals surface area contributed by atoms with Gasteiger partial charge in [-0.15, -0.1) is 0 Å². The third kappa shape index (κ3) is 3.65. The Morgan fingerprint density at radius 1 is 1.31 bits per heavy atom. The molecule has 3 heterocycles. The molecule has 29 heavy (non-hydrogen) atoms. The highest BCUT2D eigenvalue weighted by Crippen LogP contribution is 2.33. The van der Waals surface area contributed by atoms with E-state index in [2.05, 4.69) is 20.6 Å². The topological polar surface area (TPSA) is 177 Å². The molecule has 0 unspecified atom stereocenters. The summed E-state index contributed by atoms with van der Waals surface area (Å²) in [6.07, 6.45) is 0.322. The normalized spacial score (nSPS) is 24.4. The molecule has 14 nitrogen and oxygen atoms in total. The number of non-ortho nitro benzene ring substituents is 1. The highest BCUT2D eigenvalue weighted by Gasteiger charge is 2.44. The maximum atomic E-state index is 12.3. The Bertz CT molecular complexity index is 1020. The van der Waals surface area contributed by atoms with E-state index in [-0.39, 0.29) is 24.3 Å². The molecule has 1 aromatic carbocycles. The first kappa shape index (κ1) is 18.6. The van der Waals surface area contributed by atoms with Gasteiger partial charge in [-0.1, -0.05) is 11.1 Å². The van der Waals surface area contributed by atoms with Crippen molar-refractivity contribution in [1.29, 1.82) is 0 Å². The van der Waals surface area contributed by atoms with Gasteiger partial charge < -0.3 is 19.6 Å². The number of hydrazone groups is 1. The molecular formula is C15H13N7O7. The molecule has 1 N–H and O–H groups in total. The molecule has 3 atom stereocenters. The predicted octanol–water partition coefficient (Wildman–Crippen LogP) is 0.567. The molecule has 0 aliphatic carbocycles. The summed E-state index contributed by atoms with van der Waals surface area (Å²) in [6, 6.07) is 4.75. The summed E-state index contributed by atoms with van der Waals surface area (Å²) < 4.78 is 12.5. The van der Waals surface area contributed by atoms with Crippen LogP contribution in [0.3, 0.4) is 0 Å². The third-order valence-electron chi connectivity index (χ3n) is 4.45. The number of ether oxygens (including phenoxy) is 2. The molecule has 2 aliphatic rings. The minimum absolute atomic E-state index is 0.0638. The van der Waals surface area contributed by atoms with E-state index in [4.69, 9.17) is 9.47 Å². The number of hydrogen-bond donors (Lipinski definition) is 1. The van der Waals surface area contributed by atoms with Gasteiger partial charge in [-0.25, -0.2) is 5.43 Å². The number of hydrogen-bond acceptors (Lipinski definition) is 10. The fourth-order valence-corrected chi connectivity index (χ4v) is 3.06. The summed E-state index contributed by atoms with van der Waals surface area (Å²) in [5.74, 6) is -1.18. The van der Waals surface area contributed by atoms with Gasteiger partial charge in [0.25, 0.3) is 11.6 Å². The van der Waals surface area contributed by atoms with Crippen molar-refractivity contribution in [3.05, 3.63) is 56.4 Å². The van der Waals surface area contributed by atoms with Gasteiger partial charge in [-0.3, -0.25) is 14.9 Å². The SMILES string of the molecule is O=C(N/N=C1\C[C@H](n2cnc([N+](=O)[O-])n2)[C@H]2CO[C@H]1O2)c1cccc([N+](=O)[O-])c1. The molecule has 2 bridgehead atoms. The van der Waals surface area contributed by atoms with Crippen molar-refractivity contribution < 1.29 is 24.1 Å². The van der Waals surface area contributed by atoms with Crippen molar-refractivity contribution in [3.63, 3.8) is 0 Å². The number of aromatic nitrogens is 3. The van der Waals surface area contributed by atoms with Crippen molar-refractivity contribution in [2.75, 3.05) is 6.61 Å². The maximum absolute atomic E-state index is 12.3. The summed E-state index contributed by atoms with van der Waals surface area (Å²) in [7, 11) is 0. The van der Waals surface area contributed by atoms with E-state index in [0.717, 1.165) is 6.07 Å². The Morgan fingerprint density at radius 3 is 2.86 bits per heavy atom. The molecule has 150 valence electrons. The van der Waals surface area contributed by atoms with Gasteiger partial charge in [-0.05, 0) is 11.0 Å². The second-order valence-electron chi connectivity index (χ2n) is 6.24. The van der Waals surface area contributed by atoms with E-state index < -0.39 is 40.1 Å². The van der Waals surface area contributed by atoms with Gasteiger partial charge in [0.1, 0.15) is 12.1 Å². The zero-order valence-corrected chi connectivity index (χ0v) is 14.6. The smallest absolute Gasteiger partial charge is 0.390 e. The Balaban J connectivity index is 1.51. The number of benzene rings is 1. The Labute approximate surface area is 161 Å². The third-order valence-corrected chi connectivity index (χ3v) is 4.45. The van der Waals surface area contributed by atoms with E-state index in [0.29, 0.717) is 5.71 Å². The first-order valence-corrected chi connectivity index (χ1v) is 8.36.